The number of rotatable bonds is 4. The zero-order chi connectivity index (χ0) is 20.5. The minimum atomic E-state index is -4.64. The molecule has 2 N–H and O–H groups in total. The van der Waals surface area contributed by atoms with Crippen molar-refractivity contribution in [3.63, 3.8) is 0 Å². The van der Waals surface area contributed by atoms with Crippen molar-refractivity contribution in [1.29, 1.82) is 0 Å². The Kier molecular flexibility index (Phi) is 5.55. The van der Waals surface area contributed by atoms with Crippen molar-refractivity contribution in [3.05, 3.63) is 47.0 Å². The number of halogens is 4. The Bertz CT molecular complexity index is 1040. The zero-order valence-electron chi connectivity index (χ0n) is 14.5. The average Bonchev–Trinajstić information content (AvgIpc) is 2.60. The second-order valence-electron chi connectivity index (χ2n) is 5.80. The van der Waals surface area contributed by atoms with Gasteiger partial charge in [-0.1, -0.05) is 35.9 Å². The summed E-state index contributed by atoms with van der Waals surface area (Å²) in [5.74, 6) is -0.0555. The summed E-state index contributed by atoms with van der Waals surface area (Å²) in [6, 6.07) is 7.70. The van der Waals surface area contributed by atoms with Gasteiger partial charge in [0.1, 0.15) is 4.90 Å². The lowest BCUT2D eigenvalue weighted by atomic mass is 10.0. The van der Waals surface area contributed by atoms with Gasteiger partial charge in [0.2, 0.25) is 5.96 Å². The molecule has 1 heterocycles. The Morgan fingerprint density at radius 1 is 1.18 bits per heavy atom. The number of sulfonamides is 1. The molecule has 28 heavy (non-hydrogen) atoms. The van der Waals surface area contributed by atoms with Crippen LogP contribution in [0.3, 0.4) is 0 Å². The molecule has 1 aliphatic heterocycles. The fourth-order valence-corrected chi connectivity index (χ4v) is 4.17. The zero-order valence-corrected chi connectivity index (χ0v) is 16.0. The first-order valence-corrected chi connectivity index (χ1v) is 9.81. The number of guanidine groups is 1. The van der Waals surface area contributed by atoms with Crippen molar-refractivity contribution in [2.24, 2.45) is 4.40 Å². The van der Waals surface area contributed by atoms with Crippen molar-refractivity contribution in [3.8, 4) is 11.1 Å². The Labute approximate surface area is 164 Å². The molecule has 0 bridgehead atoms. The molecular weight excluding hydrogens is 419 g/mol. The highest BCUT2D eigenvalue weighted by atomic mass is 35.5. The molecule has 3 rings (SSSR count). The summed E-state index contributed by atoms with van der Waals surface area (Å²) in [4.78, 5) is -0.157. The molecule has 1 aliphatic rings. The van der Waals surface area contributed by atoms with Gasteiger partial charge in [0, 0.05) is 24.8 Å². The summed E-state index contributed by atoms with van der Waals surface area (Å²) in [6.45, 7) is 0.578. The largest absolute Gasteiger partial charge is 0.417 e. The van der Waals surface area contributed by atoms with E-state index in [-0.39, 0.29) is 34.2 Å². The third-order valence-corrected chi connectivity index (χ3v) is 5.68. The van der Waals surface area contributed by atoms with Crippen LogP contribution in [0, 0.1) is 0 Å². The van der Waals surface area contributed by atoms with Gasteiger partial charge in [0.05, 0.1) is 22.9 Å². The minimum Gasteiger partial charge on any atom is -0.383 e. The molecule has 6 nitrogen and oxygen atoms in total. The Morgan fingerprint density at radius 2 is 1.86 bits per heavy atom. The summed E-state index contributed by atoms with van der Waals surface area (Å²) in [6.07, 6.45) is -4.64. The van der Waals surface area contributed by atoms with Crippen LogP contribution >= 0.6 is 11.6 Å². The maximum atomic E-state index is 13.2. The molecule has 11 heteroatoms. The molecule has 0 unspecified atom stereocenters. The number of fused-ring (bicyclic) bond motifs is 1. The van der Waals surface area contributed by atoms with E-state index in [9.17, 15) is 21.6 Å². The van der Waals surface area contributed by atoms with Gasteiger partial charge < -0.3 is 15.4 Å². The number of nitrogens with one attached hydrogen (secondary N) is 2. The fraction of sp³-hybridized carbons (Fsp3) is 0.235. The molecule has 0 radical (unpaired) electrons. The van der Waals surface area contributed by atoms with Gasteiger partial charge in [-0.15, -0.1) is 4.40 Å². The molecule has 0 saturated heterocycles. The third-order valence-electron chi connectivity index (χ3n) is 3.95. The Balaban J connectivity index is 2.12. The van der Waals surface area contributed by atoms with Gasteiger partial charge in [-0.25, -0.2) is 0 Å². The van der Waals surface area contributed by atoms with Crippen LogP contribution in [0.25, 0.3) is 11.1 Å². The van der Waals surface area contributed by atoms with Crippen LogP contribution < -0.4 is 10.6 Å². The maximum Gasteiger partial charge on any atom is 0.417 e. The third kappa shape index (κ3) is 3.94. The molecular formula is C17H15ClF3N3O3S. The van der Waals surface area contributed by atoms with Gasteiger partial charge in [0.25, 0.3) is 10.0 Å². The molecule has 0 spiro atoms. The normalized spacial score (nSPS) is 15.4. The molecule has 2 aromatic carbocycles. The number of para-hydroxylation sites is 1. The molecule has 2 aromatic rings. The maximum absolute atomic E-state index is 13.2. The second-order valence-corrected chi connectivity index (χ2v) is 7.75. The van der Waals surface area contributed by atoms with E-state index < -0.39 is 26.8 Å². The summed E-state index contributed by atoms with van der Waals surface area (Å²) in [7, 11) is -2.57. The predicted molar refractivity (Wildman–Crippen MR) is 100 cm³/mol. The summed E-state index contributed by atoms with van der Waals surface area (Å²) >= 11 is 6.02. The van der Waals surface area contributed by atoms with Gasteiger partial charge in [0.15, 0.2) is 0 Å². The monoisotopic (exact) mass is 433 g/mol. The van der Waals surface area contributed by atoms with E-state index >= 15 is 0 Å². The van der Waals surface area contributed by atoms with E-state index in [1.54, 1.807) is 0 Å². The summed E-state index contributed by atoms with van der Waals surface area (Å²) < 4.78 is 73.1. The number of hydrogen-bond acceptors (Lipinski definition) is 5. The molecule has 0 fully saturated rings. The number of ether oxygens (including phenoxy) is 1. The summed E-state index contributed by atoms with van der Waals surface area (Å²) in [5.41, 5.74) is -0.652. The predicted octanol–water partition coefficient (Wildman–Crippen LogP) is 3.73. The van der Waals surface area contributed by atoms with E-state index in [1.165, 1.54) is 37.4 Å². The average molecular weight is 434 g/mol. The van der Waals surface area contributed by atoms with E-state index in [0.717, 1.165) is 6.07 Å². The first-order chi connectivity index (χ1) is 13.1. The van der Waals surface area contributed by atoms with E-state index in [0.29, 0.717) is 6.61 Å². The Morgan fingerprint density at radius 3 is 2.54 bits per heavy atom. The molecule has 0 aliphatic carbocycles. The highest BCUT2D eigenvalue weighted by Gasteiger charge is 2.35. The lowest BCUT2D eigenvalue weighted by Crippen LogP contribution is -2.36. The van der Waals surface area contributed by atoms with Crippen LogP contribution in [0.5, 0.6) is 0 Å². The molecule has 0 amide bonds. The van der Waals surface area contributed by atoms with Crippen LogP contribution in [0.1, 0.15) is 5.56 Å². The topological polar surface area (TPSA) is 79.8 Å². The lowest BCUT2D eigenvalue weighted by Gasteiger charge is -2.22. The number of nitrogens with zero attached hydrogens (tertiary/aromatic N) is 1. The van der Waals surface area contributed by atoms with E-state index in [1.807, 2.05) is 0 Å². The molecule has 0 aromatic heterocycles. The second kappa shape index (κ2) is 7.61. The van der Waals surface area contributed by atoms with Gasteiger partial charge >= 0.3 is 6.18 Å². The van der Waals surface area contributed by atoms with Gasteiger partial charge in [-0.2, -0.15) is 21.6 Å². The number of methoxy groups -OCH3 is 1. The van der Waals surface area contributed by atoms with Gasteiger partial charge in [-0.3, -0.25) is 0 Å². The quantitative estimate of drug-likeness (QED) is 0.718. The van der Waals surface area contributed by atoms with Crippen molar-refractivity contribution < 1.29 is 26.3 Å². The van der Waals surface area contributed by atoms with Crippen LogP contribution in [-0.2, 0) is 20.9 Å². The molecule has 0 saturated carbocycles. The van der Waals surface area contributed by atoms with Crippen molar-refractivity contribution in [1.82, 2.24) is 5.32 Å². The van der Waals surface area contributed by atoms with Crippen LogP contribution in [0.15, 0.2) is 45.7 Å². The highest BCUT2D eigenvalue weighted by Crippen LogP contribution is 2.43. The Hall–Kier alpha value is -2.30. The van der Waals surface area contributed by atoms with Crippen molar-refractivity contribution >= 4 is 33.3 Å². The number of benzene rings is 2. The van der Waals surface area contributed by atoms with Crippen molar-refractivity contribution in [2.45, 2.75) is 11.1 Å². The van der Waals surface area contributed by atoms with Crippen molar-refractivity contribution in [2.75, 3.05) is 25.6 Å². The SMILES string of the molecule is COCCNC1=NS(=O)(=O)c2cccc(-c3cccc(C(F)(F)F)c3Cl)c2N1. The van der Waals surface area contributed by atoms with Crippen LogP contribution in [-0.4, -0.2) is 34.6 Å². The first kappa shape index (κ1) is 20.4. The van der Waals surface area contributed by atoms with Crippen LogP contribution in [0.4, 0.5) is 18.9 Å². The van der Waals surface area contributed by atoms with E-state index in [2.05, 4.69) is 15.0 Å². The summed E-state index contributed by atoms with van der Waals surface area (Å²) in [5, 5.41) is 5.08. The number of anilines is 1. The minimum absolute atomic E-state index is 0.0502. The highest BCUT2D eigenvalue weighted by molar-refractivity contribution is 7.90. The smallest absolute Gasteiger partial charge is 0.383 e. The lowest BCUT2D eigenvalue weighted by molar-refractivity contribution is -0.137. The number of alkyl halides is 3. The molecule has 0 atom stereocenters. The molecule has 150 valence electrons. The van der Waals surface area contributed by atoms with Gasteiger partial charge in [-0.05, 0) is 12.1 Å². The van der Waals surface area contributed by atoms with E-state index in [4.69, 9.17) is 16.3 Å². The first-order valence-electron chi connectivity index (χ1n) is 7.99. The van der Waals surface area contributed by atoms with Crippen LogP contribution in [0.2, 0.25) is 5.02 Å². The standard InChI is InChI=1S/C17H15ClF3N3O3S/c1-27-9-8-22-16-23-15-11(5-3-7-13(15)28(25,26)24-16)10-4-2-6-12(14(10)18)17(19,20)21/h2-7H,8-9H2,1H3,(H2,22,23,24). The number of hydrogen-bond donors (Lipinski definition) is 2. The fourth-order valence-electron chi connectivity index (χ4n) is 2.72.